The normalized spacial score (nSPS) is 25.4. The van der Waals surface area contributed by atoms with E-state index in [4.69, 9.17) is 0 Å². The van der Waals surface area contributed by atoms with Gasteiger partial charge in [0.15, 0.2) is 0 Å². The van der Waals surface area contributed by atoms with Gasteiger partial charge in [-0.3, -0.25) is 4.90 Å². The summed E-state index contributed by atoms with van der Waals surface area (Å²) < 4.78 is 0. The minimum Gasteiger partial charge on any atom is -0.395 e. The Morgan fingerprint density at radius 2 is 1.78 bits per heavy atom. The first-order valence-corrected chi connectivity index (χ1v) is 11.8. The minimum atomic E-state index is -0.0463. The van der Waals surface area contributed by atoms with Crippen LogP contribution in [0.3, 0.4) is 0 Å². The molecule has 166 valence electrons. The summed E-state index contributed by atoms with van der Waals surface area (Å²) in [5, 5.41) is 13.2. The highest BCUT2D eigenvalue weighted by atomic mass is 16.3. The number of aliphatic hydroxyl groups is 1. The van der Waals surface area contributed by atoms with E-state index in [1.54, 1.807) is 0 Å². The number of amides is 2. The second kappa shape index (κ2) is 9.36. The first-order chi connectivity index (χ1) is 15.7. The summed E-state index contributed by atoms with van der Waals surface area (Å²) in [5.41, 5.74) is 3.10. The summed E-state index contributed by atoms with van der Waals surface area (Å²) >= 11 is 0. The van der Waals surface area contributed by atoms with Gasteiger partial charge in [-0.2, -0.15) is 0 Å². The van der Waals surface area contributed by atoms with E-state index in [1.807, 2.05) is 35.2 Å². The lowest BCUT2D eigenvalue weighted by molar-refractivity contribution is -0.0585. The van der Waals surface area contributed by atoms with Gasteiger partial charge >= 0.3 is 6.03 Å². The van der Waals surface area contributed by atoms with Gasteiger partial charge in [-0.15, -0.1) is 0 Å². The fourth-order valence-electron chi connectivity index (χ4n) is 5.05. The van der Waals surface area contributed by atoms with Crippen molar-refractivity contribution < 1.29 is 9.90 Å². The average molecular weight is 430 g/mol. The van der Waals surface area contributed by atoms with Crippen molar-refractivity contribution in [3.8, 4) is 11.8 Å². The number of para-hydroxylation sites is 1. The molecule has 2 N–H and O–H groups in total. The van der Waals surface area contributed by atoms with Gasteiger partial charge in [0.05, 0.1) is 6.61 Å². The lowest BCUT2D eigenvalue weighted by atomic mass is 9.74. The fourth-order valence-corrected chi connectivity index (χ4v) is 5.05. The predicted molar refractivity (Wildman–Crippen MR) is 126 cm³/mol. The molecule has 5 nitrogen and oxygen atoms in total. The Kier molecular flexibility index (Phi) is 6.16. The van der Waals surface area contributed by atoms with Gasteiger partial charge in [-0.25, -0.2) is 4.79 Å². The average Bonchev–Trinajstić information content (AvgIpc) is 3.63. The van der Waals surface area contributed by atoms with Crippen molar-refractivity contribution in [2.45, 2.75) is 43.7 Å². The van der Waals surface area contributed by atoms with E-state index >= 15 is 0 Å². The Bertz CT molecular complexity index is 991. The Morgan fingerprint density at radius 3 is 2.50 bits per heavy atom. The molecule has 2 aliphatic heterocycles. The van der Waals surface area contributed by atoms with Crippen molar-refractivity contribution in [3.05, 3.63) is 65.7 Å². The number of carbonyl (C=O) groups is 1. The van der Waals surface area contributed by atoms with Crippen LogP contribution in [0.4, 0.5) is 10.5 Å². The van der Waals surface area contributed by atoms with Gasteiger partial charge in [0, 0.05) is 48.3 Å². The maximum absolute atomic E-state index is 13.0. The topological polar surface area (TPSA) is 55.8 Å². The molecule has 2 saturated heterocycles. The van der Waals surface area contributed by atoms with Gasteiger partial charge in [-0.1, -0.05) is 42.2 Å². The highest BCUT2D eigenvalue weighted by molar-refractivity contribution is 5.89. The summed E-state index contributed by atoms with van der Waals surface area (Å²) in [6, 6.07) is 18.4. The molecule has 2 amide bonds. The molecule has 32 heavy (non-hydrogen) atoms. The van der Waals surface area contributed by atoms with Crippen molar-refractivity contribution in [2.75, 3.05) is 31.6 Å². The van der Waals surface area contributed by atoms with Crippen LogP contribution in [0, 0.1) is 17.8 Å². The molecule has 1 aliphatic carbocycles. The van der Waals surface area contributed by atoms with Crippen LogP contribution >= 0.6 is 0 Å². The zero-order chi connectivity index (χ0) is 21.9. The van der Waals surface area contributed by atoms with E-state index in [0.717, 1.165) is 37.2 Å². The number of hydrogen-bond acceptors (Lipinski definition) is 3. The highest BCUT2D eigenvalue weighted by Crippen LogP contribution is 2.42. The number of anilines is 1. The van der Waals surface area contributed by atoms with E-state index in [2.05, 4.69) is 46.3 Å². The molecule has 3 fully saturated rings. The molecule has 3 aliphatic rings. The van der Waals surface area contributed by atoms with Crippen LogP contribution in [-0.4, -0.2) is 59.3 Å². The van der Waals surface area contributed by atoms with Gasteiger partial charge in [0.25, 0.3) is 0 Å². The molecule has 5 rings (SSSR count). The monoisotopic (exact) mass is 429 g/mol. The van der Waals surface area contributed by atoms with Crippen LogP contribution in [0.2, 0.25) is 0 Å². The molecule has 1 saturated carbocycles. The molecule has 0 bridgehead atoms. The zero-order valence-electron chi connectivity index (χ0n) is 18.4. The number of carbonyl (C=O) groups excluding carboxylic acids is 1. The van der Waals surface area contributed by atoms with Gasteiger partial charge in [0.1, 0.15) is 0 Å². The third-order valence-corrected chi connectivity index (χ3v) is 6.98. The molecule has 0 aromatic heterocycles. The number of urea groups is 1. The fraction of sp³-hybridized carbons (Fsp3) is 0.444. The molecule has 2 aromatic carbocycles. The third-order valence-electron chi connectivity index (χ3n) is 6.98. The number of fused-ring (bicyclic) bond motifs is 1. The second-order valence-electron chi connectivity index (χ2n) is 9.20. The second-order valence-corrected chi connectivity index (χ2v) is 9.20. The molecule has 0 spiro atoms. The smallest absolute Gasteiger partial charge is 0.321 e. The maximum atomic E-state index is 13.0. The van der Waals surface area contributed by atoms with E-state index < -0.39 is 0 Å². The summed E-state index contributed by atoms with van der Waals surface area (Å²) in [7, 11) is 0. The standard InChI is InChI=1S/C27H31N3O2/c31-19-25-26(22-14-12-21(13-15-22)11-10-20-8-9-20)24-18-29(16-4-5-17-30(24)25)27(32)28-23-6-2-1-3-7-23/h1-3,6-7,12-15,20,24-26,31H,4-5,8-9,16-19H2,(H,28,32)/t24-,25+,26+/m1/s1. The van der Waals surface area contributed by atoms with Crippen molar-refractivity contribution in [2.24, 2.45) is 5.92 Å². The van der Waals surface area contributed by atoms with E-state index in [9.17, 15) is 9.90 Å². The molecule has 3 atom stereocenters. The summed E-state index contributed by atoms with van der Waals surface area (Å²) in [6.45, 7) is 2.55. The highest BCUT2D eigenvalue weighted by Gasteiger charge is 2.49. The largest absolute Gasteiger partial charge is 0.395 e. The minimum absolute atomic E-state index is 0.0463. The Balaban J connectivity index is 1.32. The Labute approximate surface area is 190 Å². The van der Waals surface area contributed by atoms with Gasteiger partial charge < -0.3 is 15.3 Å². The van der Waals surface area contributed by atoms with Crippen LogP contribution in [0.5, 0.6) is 0 Å². The first kappa shape index (κ1) is 21.1. The molecule has 2 heterocycles. The number of hydrogen-bond donors (Lipinski definition) is 2. The Hall–Kier alpha value is -2.81. The molecular weight excluding hydrogens is 398 g/mol. The van der Waals surface area contributed by atoms with Crippen LogP contribution in [0.15, 0.2) is 54.6 Å². The summed E-state index contributed by atoms with van der Waals surface area (Å²) in [4.78, 5) is 17.4. The molecule has 0 unspecified atom stereocenters. The predicted octanol–water partition coefficient (Wildman–Crippen LogP) is 3.90. The van der Waals surface area contributed by atoms with E-state index in [1.165, 1.54) is 18.4 Å². The van der Waals surface area contributed by atoms with Crippen molar-refractivity contribution in [3.63, 3.8) is 0 Å². The van der Waals surface area contributed by atoms with Crippen molar-refractivity contribution in [1.29, 1.82) is 0 Å². The Morgan fingerprint density at radius 1 is 1.03 bits per heavy atom. The zero-order valence-corrected chi connectivity index (χ0v) is 18.4. The van der Waals surface area contributed by atoms with Crippen molar-refractivity contribution >= 4 is 11.7 Å². The molecule has 2 aromatic rings. The number of rotatable bonds is 3. The van der Waals surface area contributed by atoms with E-state index in [-0.39, 0.29) is 30.6 Å². The van der Waals surface area contributed by atoms with Crippen molar-refractivity contribution in [1.82, 2.24) is 9.80 Å². The van der Waals surface area contributed by atoms with Crippen LogP contribution in [-0.2, 0) is 0 Å². The molecule has 5 heteroatoms. The van der Waals surface area contributed by atoms with Gasteiger partial charge in [0.2, 0.25) is 0 Å². The molecular formula is C27H31N3O2. The van der Waals surface area contributed by atoms with Crippen LogP contribution in [0.25, 0.3) is 0 Å². The number of benzene rings is 2. The van der Waals surface area contributed by atoms with Gasteiger partial charge in [-0.05, 0) is 62.1 Å². The van der Waals surface area contributed by atoms with Crippen LogP contribution in [0.1, 0.15) is 42.7 Å². The molecule has 0 radical (unpaired) electrons. The lowest BCUT2D eigenvalue weighted by Crippen LogP contribution is -2.68. The lowest BCUT2D eigenvalue weighted by Gasteiger charge is -2.57. The maximum Gasteiger partial charge on any atom is 0.321 e. The van der Waals surface area contributed by atoms with E-state index in [0.29, 0.717) is 12.5 Å². The number of nitrogens with one attached hydrogen (secondary N) is 1. The summed E-state index contributed by atoms with van der Waals surface area (Å²) in [5.74, 6) is 7.41. The van der Waals surface area contributed by atoms with Crippen LogP contribution < -0.4 is 5.32 Å². The number of aliphatic hydroxyl groups excluding tert-OH is 1. The first-order valence-electron chi connectivity index (χ1n) is 11.8. The quantitative estimate of drug-likeness (QED) is 0.728. The summed E-state index contributed by atoms with van der Waals surface area (Å²) in [6.07, 6.45) is 4.47. The SMILES string of the molecule is O=C(Nc1ccccc1)N1CCCCN2[C@H](C1)[C@H](c1ccc(C#CC3CC3)cc1)[C@@H]2CO. The number of nitrogens with zero attached hydrogens (tertiary/aromatic N) is 2. The third kappa shape index (κ3) is 4.53.